The first kappa shape index (κ1) is 25.4. The van der Waals surface area contributed by atoms with Gasteiger partial charge in [-0.15, -0.1) is 28.1 Å². The first-order valence-corrected chi connectivity index (χ1v) is 13.1. The summed E-state index contributed by atoms with van der Waals surface area (Å²) in [5.41, 5.74) is 4.21. The molecule has 4 aromatic rings. The van der Waals surface area contributed by atoms with E-state index < -0.39 is 5.97 Å². The van der Waals surface area contributed by atoms with E-state index in [1.165, 1.54) is 30.2 Å². The zero-order chi connectivity index (χ0) is 25.5. The number of hydrogen-bond donors (Lipinski definition) is 1. The lowest BCUT2D eigenvalue weighted by atomic mass is 10.0. The Labute approximate surface area is 218 Å². The molecule has 9 heteroatoms. The fourth-order valence-corrected chi connectivity index (χ4v) is 5.38. The predicted molar refractivity (Wildman–Crippen MR) is 145 cm³/mol. The van der Waals surface area contributed by atoms with Gasteiger partial charge in [0.2, 0.25) is 5.91 Å². The van der Waals surface area contributed by atoms with Crippen LogP contribution in [0.5, 0.6) is 0 Å². The molecule has 7 nitrogen and oxygen atoms in total. The first-order valence-electron chi connectivity index (χ1n) is 11.3. The topological polar surface area (TPSA) is 86.1 Å². The van der Waals surface area contributed by atoms with E-state index in [4.69, 9.17) is 4.74 Å². The third-order valence-corrected chi connectivity index (χ3v) is 7.30. The molecule has 2 aromatic heterocycles. The first-order chi connectivity index (χ1) is 17.5. The van der Waals surface area contributed by atoms with Gasteiger partial charge in [-0.1, -0.05) is 78.0 Å². The van der Waals surface area contributed by atoms with Crippen LogP contribution in [0, 0.1) is 6.92 Å². The highest BCUT2D eigenvalue weighted by molar-refractivity contribution is 7.99. The van der Waals surface area contributed by atoms with Gasteiger partial charge in [-0.25, -0.2) is 4.79 Å². The molecule has 0 saturated heterocycles. The minimum Gasteiger partial charge on any atom is -0.465 e. The second-order valence-electron chi connectivity index (χ2n) is 8.01. The number of benzene rings is 2. The number of methoxy groups -OCH3 is 1. The number of anilines is 1. The zero-order valence-corrected chi connectivity index (χ0v) is 21.7. The summed E-state index contributed by atoms with van der Waals surface area (Å²) < 4.78 is 6.96. The molecule has 0 bridgehead atoms. The number of allylic oxidation sites excluding steroid dienone is 1. The lowest BCUT2D eigenvalue weighted by molar-refractivity contribution is -0.113. The summed E-state index contributed by atoms with van der Waals surface area (Å²) >= 11 is 2.59. The standard InChI is InChI=1S/C27H26N4O3S2/c1-4-14-31-22(15-19-8-6-5-7-9-19)29-30-27(31)36-17-23(32)28-25-24(26(33)34-3)21(16-35-25)20-12-10-18(2)11-13-20/h4-13,16H,1,14-15,17H2,2-3H3,(H,28,32). The van der Waals surface area contributed by atoms with Crippen LogP contribution in [0.1, 0.15) is 27.3 Å². The number of carbonyl (C=O) groups excluding carboxylic acids is 2. The normalized spacial score (nSPS) is 10.7. The highest BCUT2D eigenvalue weighted by Gasteiger charge is 2.23. The van der Waals surface area contributed by atoms with Crippen molar-refractivity contribution in [2.24, 2.45) is 0 Å². The molecule has 0 spiro atoms. The molecule has 184 valence electrons. The Morgan fingerprint density at radius 1 is 1.14 bits per heavy atom. The molecule has 0 unspecified atom stereocenters. The maximum atomic E-state index is 12.9. The van der Waals surface area contributed by atoms with Crippen LogP contribution in [0.4, 0.5) is 5.00 Å². The van der Waals surface area contributed by atoms with Gasteiger partial charge in [-0.05, 0) is 18.1 Å². The smallest absolute Gasteiger partial charge is 0.341 e. The molecule has 1 amide bonds. The summed E-state index contributed by atoms with van der Waals surface area (Å²) in [5.74, 6) is 0.170. The number of aromatic nitrogens is 3. The molecule has 0 aliphatic carbocycles. The number of thiophene rings is 1. The third-order valence-electron chi connectivity index (χ3n) is 5.44. The summed E-state index contributed by atoms with van der Waals surface area (Å²) in [4.78, 5) is 25.4. The molecular formula is C27H26N4O3S2. The molecule has 2 aromatic carbocycles. The summed E-state index contributed by atoms with van der Waals surface area (Å²) in [6.45, 7) is 6.38. The van der Waals surface area contributed by atoms with Crippen LogP contribution in [-0.4, -0.2) is 39.5 Å². The van der Waals surface area contributed by atoms with E-state index >= 15 is 0 Å². The molecule has 2 heterocycles. The Morgan fingerprint density at radius 2 is 1.89 bits per heavy atom. The van der Waals surface area contributed by atoms with Crippen LogP contribution in [0.3, 0.4) is 0 Å². The summed E-state index contributed by atoms with van der Waals surface area (Å²) in [6, 6.07) is 17.9. The number of nitrogens with one attached hydrogen (secondary N) is 1. The van der Waals surface area contributed by atoms with E-state index in [1.807, 2.05) is 71.5 Å². The maximum Gasteiger partial charge on any atom is 0.341 e. The van der Waals surface area contributed by atoms with Gasteiger partial charge in [0.25, 0.3) is 0 Å². The number of nitrogens with zero attached hydrogens (tertiary/aromatic N) is 3. The lowest BCUT2D eigenvalue weighted by Gasteiger charge is -2.09. The van der Waals surface area contributed by atoms with Crippen LogP contribution >= 0.6 is 23.1 Å². The Balaban J connectivity index is 1.48. The van der Waals surface area contributed by atoms with Crippen LogP contribution in [-0.2, 0) is 22.5 Å². The Morgan fingerprint density at radius 3 is 2.58 bits per heavy atom. The summed E-state index contributed by atoms with van der Waals surface area (Å²) in [6.07, 6.45) is 2.41. The van der Waals surface area contributed by atoms with Crippen molar-refractivity contribution in [3.63, 3.8) is 0 Å². The van der Waals surface area contributed by atoms with Gasteiger partial charge in [0.1, 0.15) is 16.4 Å². The van der Waals surface area contributed by atoms with Gasteiger partial charge in [0, 0.05) is 23.9 Å². The maximum absolute atomic E-state index is 12.9. The van der Waals surface area contributed by atoms with E-state index in [0.29, 0.717) is 28.7 Å². The van der Waals surface area contributed by atoms with Gasteiger partial charge in [0.15, 0.2) is 5.16 Å². The Hall–Kier alpha value is -3.69. The number of thioether (sulfide) groups is 1. The fraction of sp³-hybridized carbons (Fsp3) is 0.185. The van der Waals surface area contributed by atoms with Crippen molar-refractivity contribution >= 4 is 40.0 Å². The third kappa shape index (κ3) is 5.92. The number of ether oxygens (including phenoxy) is 1. The van der Waals surface area contributed by atoms with Crippen molar-refractivity contribution in [3.8, 4) is 11.1 Å². The van der Waals surface area contributed by atoms with Crippen molar-refractivity contribution in [2.45, 2.75) is 25.0 Å². The highest BCUT2D eigenvalue weighted by atomic mass is 32.2. The van der Waals surface area contributed by atoms with Crippen LogP contribution in [0.2, 0.25) is 0 Å². The van der Waals surface area contributed by atoms with Crippen molar-refractivity contribution < 1.29 is 14.3 Å². The lowest BCUT2D eigenvalue weighted by Crippen LogP contribution is -2.16. The molecule has 0 aliphatic heterocycles. The minimum atomic E-state index is -0.494. The average Bonchev–Trinajstić information content (AvgIpc) is 3.47. The van der Waals surface area contributed by atoms with Crippen LogP contribution in [0.15, 0.2) is 77.8 Å². The van der Waals surface area contributed by atoms with E-state index in [-0.39, 0.29) is 11.7 Å². The van der Waals surface area contributed by atoms with E-state index in [9.17, 15) is 9.59 Å². The number of rotatable bonds is 10. The van der Waals surface area contributed by atoms with Crippen molar-refractivity contribution in [3.05, 3.63) is 95.1 Å². The second kappa shape index (κ2) is 11.8. The van der Waals surface area contributed by atoms with E-state index in [0.717, 1.165) is 28.1 Å². The molecule has 0 atom stereocenters. The van der Waals surface area contributed by atoms with Crippen molar-refractivity contribution in [1.82, 2.24) is 14.8 Å². The molecule has 0 saturated carbocycles. The molecule has 4 rings (SSSR count). The van der Waals surface area contributed by atoms with E-state index in [2.05, 4.69) is 22.1 Å². The van der Waals surface area contributed by atoms with Gasteiger partial charge in [-0.2, -0.15) is 0 Å². The van der Waals surface area contributed by atoms with Gasteiger partial charge in [0.05, 0.1) is 12.9 Å². The monoisotopic (exact) mass is 518 g/mol. The highest BCUT2D eigenvalue weighted by Crippen LogP contribution is 2.36. The molecule has 1 N–H and O–H groups in total. The molecule has 0 aliphatic rings. The number of carbonyl (C=O) groups is 2. The van der Waals surface area contributed by atoms with Crippen molar-refractivity contribution in [1.29, 1.82) is 0 Å². The quantitative estimate of drug-likeness (QED) is 0.167. The average molecular weight is 519 g/mol. The number of hydrogen-bond acceptors (Lipinski definition) is 7. The number of amides is 1. The molecule has 0 fully saturated rings. The predicted octanol–water partition coefficient (Wildman–Crippen LogP) is 5.61. The Bertz CT molecular complexity index is 1360. The van der Waals surface area contributed by atoms with Crippen LogP contribution in [0.25, 0.3) is 11.1 Å². The second-order valence-corrected chi connectivity index (χ2v) is 9.83. The number of esters is 1. The molecule has 0 radical (unpaired) electrons. The van der Waals surface area contributed by atoms with Crippen LogP contribution < -0.4 is 5.32 Å². The minimum absolute atomic E-state index is 0.110. The summed E-state index contributed by atoms with van der Waals surface area (Å²) in [5, 5.41) is 14.5. The van der Waals surface area contributed by atoms with Crippen molar-refractivity contribution in [2.75, 3.05) is 18.2 Å². The summed E-state index contributed by atoms with van der Waals surface area (Å²) in [7, 11) is 1.33. The fourth-order valence-electron chi connectivity index (χ4n) is 3.64. The number of aryl methyl sites for hydroxylation is 1. The zero-order valence-electron chi connectivity index (χ0n) is 20.1. The van der Waals surface area contributed by atoms with Gasteiger partial charge < -0.3 is 14.6 Å². The van der Waals surface area contributed by atoms with E-state index in [1.54, 1.807) is 6.08 Å². The molecule has 36 heavy (non-hydrogen) atoms. The largest absolute Gasteiger partial charge is 0.465 e. The Kier molecular flexibility index (Phi) is 8.35. The van der Waals surface area contributed by atoms with Gasteiger partial charge >= 0.3 is 5.97 Å². The van der Waals surface area contributed by atoms with Gasteiger partial charge in [-0.3, -0.25) is 4.79 Å². The molecular weight excluding hydrogens is 492 g/mol. The SMILES string of the molecule is C=CCn1c(Cc2ccccc2)nnc1SCC(=O)Nc1scc(-c2ccc(C)cc2)c1C(=O)OC.